The normalized spacial score (nSPS) is 11.1. The van der Waals surface area contributed by atoms with E-state index < -0.39 is 5.60 Å². The van der Waals surface area contributed by atoms with Crippen molar-refractivity contribution >= 4 is 11.9 Å². The van der Waals surface area contributed by atoms with E-state index in [2.05, 4.69) is 0 Å². The molecule has 156 valence electrons. The fraction of sp³-hybridized carbons (Fsp3) is 0.417. The van der Waals surface area contributed by atoms with Gasteiger partial charge in [0.1, 0.15) is 17.1 Å². The summed E-state index contributed by atoms with van der Waals surface area (Å²) in [4.78, 5) is 26.2. The van der Waals surface area contributed by atoms with E-state index in [4.69, 9.17) is 9.47 Å². The number of para-hydroxylation sites is 2. The number of unbranched alkanes of at least 4 members (excludes halogenated alkanes) is 1. The summed E-state index contributed by atoms with van der Waals surface area (Å²) < 4.78 is 11.3. The number of ether oxygens (including phenoxy) is 2. The van der Waals surface area contributed by atoms with Crippen LogP contribution in [-0.4, -0.2) is 36.0 Å². The molecular weight excluding hydrogens is 366 g/mol. The van der Waals surface area contributed by atoms with E-state index in [1.54, 1.807) is 18.0 Å². The number of ketones is 1. The highest BCUT2D eigenvalue weighted by atomic mass is 16.6. The van der Waals surface area contributed by atoms with Gasteiger partial charge in [-0.05, 0) is 64.3 Å². The molecule has 0 fully saturated rings. The molecule has 0 heterocycles. The van der Waals surface area contributed by atoms with Gasteiger partial charge in [-0.1, -0.05) is 30.3 Å². The predicted octanol–water partition coefficient (Wildman–Crippen LogP) is 6.01. The lowest BCUT2D eigenvalue weighted by atomic mass is 10.0. The Kier molecular flexibility index (Phi) is 7.82. The van der Waals surface area contributed by atoms with Crippen molar-refractivity contribution in [2.45, 2.75) is 52.6 Å². The monoisotopic (exact) mass is 397 g/mol. The van der Waals surface area contributed by atoms with Crippen molar-refractivity contribution in [2.24, 2.45) is 0 Å². The van der Waals surface area contributed by atoms with Crippen molar-refractivity contribution in [1.82, 2.24) is 4.90 Å². The second-order valence-corrected chi connectivity index (χ2v) is 8.15. The second-order valence-electron chi connectivity index (χ2n) is 8.15. The van der Waals surface area contributed by atoms with Crippen LogP contribution in [0, 0.1) is 6.92 Å². The first-order valence-electron chi connectivity index (χ1n) is 9.97. The zero-order valence-corrected chi connectivity index (χ0v) is 18.0. The molecule has 1 amide bonds. The van der Waals surface area contributed by atoms with Gasteiger partial charge in [-0.25, -0.2) is 4.79 Å². The molecule has 29 heavy (non-hydrogen) atoms. The molecule has 0 radical (unpaired) electrons. The molecule has 0 bridgehead atoms. The number of hydrogen-bond acceptors (Lipinski definition) is 4. The summed E-state index contributed by atoms with van der Waals surface area (Å²) in [6, 6.07) is 15.0. The average Bonchev–Trinajstić information content (AvgIpc) is 2.65. The maximum Gasteiger partial charge on any atom is 0.410 e. The lowest BCUT2D eigenvalue weighted by Crippen LogP contribution is -2.34. The Labute approximate surface area is 173 Å². The van der Waals surface area contributed by atoms with Crippen LogP contribution in [0.2, 0.25) is 0 Å². The molecule has 5 nitrogen and oxygen atoms in total. The number of carbonyl (C=O) groups excluding carboxylic acids is 2. The van der Waals surface area contributed by atoms with Crippen LogP contribution in [0.3, 0.4) is 0 Å². The Balaban J connectivity index is 1.89. The summed E-state index contributed by atoms with van der Waals surface area (Å²) >= 11 is 0. The molecule has 0 saturated heterocycles. The summed E-state index contributed by atoms with van der Waals surface area (Å²) in [5.41, 5.74) is 1.08. The van der Waals surface area contributed by atoms with Gasteiger partial charge in [0.05, 0.1) is 5.56 Å². The maximum absolute atomic E-state index is 12.7. The van der Waals surface area contributed by atoms with E-state index in [1.807, 2.05) is 70.2 Å². The van der Waals surface area contributed by atoms with Crippen LogP contribution < -0.4 is 4.74 Å². The van der Waals surface area contributed by atoms with Crippen molar-refractivity contribution < 1.29 is 19.1 Å². The van der Waals surface area contributed by atoms with Crippen molar-refractivity contribution in [3.8, 4) is 11.5 Å². The summed E-state index contributed by atoms with van der Waals surface area (Å²) in [5.74, 6) is 1.35. The molecular formula is C24H31NO4. The number of benzene rings is 2. The highest BCUT2D eigenvalue weighted by Gasteiger charge is 2.19. The van der Waals surface area contributed by atoms with Crippen LogP contribution in [0.4, 0.5) is 4.79 Å². The first-order valence-corrected chi connectivity index (χ1v) is 9.97. The van der Waals surface area contributed by atoms with Gasteiger partial charge in [-0.15, -0.1) is 0 Å². The van der Waals surface area contributed by atoms with E-state index >= 15 is 0 Å². The van der Waals surface area contributed by atoms with E-state index in [1.165, 1.54) is 0 Å². The topological polar surface area (TPSA) is 55.8 Å². The summed E-state index contributed by atoms with van der Waals surface area (Å²) in [5, 5.41) is 0. The third-order valence-electron chi connectivity index (χ3n) is 4.35. The Bertz CT molecular complexity index is 839. The predicted molar refractivity (Wildman–Crippen MR) is 115 cm³/mol. The molecule has 0 saturated carbocycles. The second kappa shape index (κ2) is 10.1. The van der Waals surface area contributed by atoms with Crippen molar-refractivity contribution in [1.29, 1.82) is 0 Å². The minimum Gasteiger partial charge on any atom is -0.456 e. The molecule has 0 N–H and O–H groups in total. The SMILES string of the molecule is Cc1ccccc1Oc1ccccc1C(=O)CCCCN(C)C(=O)OC(C)(C)C. The van der Waals surface area contributed by atoms with Crippen LogP contribution >= 0.6 is 0 Å². The molecule has 0 aliphatic rings. The Morgan fingerprint density at radius 3 is 2.21 bits per heavy atom. The first kappa shape index (κ1) is 22.5. The number of nitrogens with zero attached hydrogens (tertiary/aromatic N) is 1. The van der Waals surface area contributed by atoms with Gasteiger partial charge in [0.2, 0.25) is 0 Å². The van der Waals surface area contributed by atoms with Crippen molar-refractivity contribution in [2.75, 3.05) is 13.6 Å². The van der Waals surface area contributed by atoms with Crippen LogP contribution in [0.1, 0.15) is 56.0 Å². The van der Waals surface area contributed by atoms with Gasteiger partial charge in [-0.3, -0.25) is 4.79 Å². The first-order chi connectivity index (χ1) is 13.7. The lowest BCUT2D eigenvalue weighted by Gasteiger charge is -2.24. The average molecular weight is 398 g/mol. The molecule has 2 aromatic carbocycles. The number of carbonyl (C=O) groups is 2. The van der Waals surface area contributed by atoms with Crippen molar-refractivity contribution in [3.05, 3.63) is 59.7 Å². The quantitative estimate of drug-likeness (QED) is 0.404. The fourth-order valence-corrected chi connectivity index (χ4v) is 2.78. The zero-order chi connectivity index (χ0) is 21.4. The number of hydrogen-bond donors (Lipinski definition) is 0. The van der Waals surface area contributed by atoms with Gasteiger partial charge >= 0.3 is 6.09 Å². The zero-order valence-electron chi connectivity index (χ0n) is 18.0. The minimum absolute atomic E-state index is 0.0362. The molecule has 0 unspecified atom stereocenters. The van der Waals surface area contributed by atoms with E-state index in [-0.39, 0.29) is 11.9 Å². The number of amides is 1. The van der Waals surface area contributed by atoms with Crippen LogP contribution in [0.15, 0.2) is 48.5 Å². The van der Waals surface area contributed by atoms with Gasteiger partial charge in [0, 0.05) is 20.0 Å². The Morgan fingerprint density at radius 2 is 1.55 bits per heavy atom. The number of rotatable bonds is 8. The molecule has 0 aliphatic carbocycles. The molecule has 2 rings (SSSR count). The van der Waals surface area contributed by atoms with Gasteiger partial charge in [0.25, 0.3) is 0 Å². The van der Waals surface area contributed by atoms with Gasteiger partial charge in [0.15, 0.2) is 5.78 Å². The third-order valence-corrected chi connectivity index (χ3v) is 4.35. The third kappa shape index (κ3) is 7.26. The Hall–Kier alpha value is -2.82. The van der Waals surface area contributed by atoms with Crippen LogP contribution in [0.5, 0.6) is 11.5 Å². The summed E-state index contributed by atoms with van der Waals surface area (Å²) in [7, 11) is 1.71. The van der Waals surface area contributed by atoms with Crippen LogP contribution in [0.25, 0.3) is 0 Å². The Morgan fingerprint density at radius 1 is 0.931 bits per heavy atom. The lowest BCUT2D eigenvalue weighted by molar-refractivity contribution is 0.0296. The van der Waals surface area contributed by atoms with Gasteiger partial charge < -0.3 is 14.4 Å². The molecule has 5 heteroatoms. The standard InChI is InChI=1S/C24H31NO4/c1-18-12-6-8-15-21(18)28-22-16-9-7-13-19(22)20(26)14-10-11-17-25(5)23(27)29-24(2,3)4/h6-9,12-13,15-16H,10-11,14,17H2,1-5H3. The molecule has 0 aliphatic heterocycles. The fourth-order valence-electron chi connectivity index (χ4n) is 2.78. The largest absolute Gasteiger partial charge is 0.456 e. The summed E-state index contributed by atoms with van der Waals surface area (Å²) in [6.07, 6.45) is 1.46. The van der Waals surface area contributed by atoms with E-state index in [0.717, 1.165) is 17.7 Å². The van der Waals surface area contributed by atoms with E-state index in [9.17, 15) is 9.59 Å². The molecule has 0 aromatic heterocycles. The maximum atomic E-state index is 12.7. The van der Waals surface area contributed by atoms with E-state index in [0.29, 0.717) is 30.7 Å². The van der Waals surface area contributed by atoms with Gasteiger partial charge in [-0.2, -0.15) is 0 Å². The highest BCUT2D eigenvalue weighted by molar-refractivity contribution is 5.98. The van der Waals surface area contributed by atoms with Crippen LogP contribution in [-0.2, 0) is 4.74 Å². The molecule has 2 aromatic rings. The molecule has 0 atom stereocenters. The van der Waals surface area contributed by atoms with Crippen molar-refractivity contribution in [3.63, 3.8) is 0 Å². The number of Topliss-reactive ketones (excluding diaryl/α,β-unsaturated/α-hetero) is 1. The number of aryl methyl sites for hydroxylation is 1. The smallest absolute Gasteiger partial charge is 0.410 e. The minimum atomic E-state index is -0.512. The molecule has 0 spiro atoms. The summed E-state index contributed by atoms with van der Waals surface area (Å²) in [6.45, 7) is 8.04. The highest BCUT2D eigenvalue weighted by Crippen LogP contribution is 2.28.